The SMILES string of the molecule is c1ccc(-c2ccc3cccc4c3c2C2(c3ccccc3-c3ccc(N(c5ccccc5)c5cccc6c5C(c5ccccc5)(c5ccccc5)c5ccccc5-6)cc32)c2ccccc2-4)cc1. The summed E-state index contributed by atoms with van der Waals surface area (Å²) in [7, 11) is 0. The predicted molar refractivity (Wildman–Crippen MR) is 278 cm³/mol. The zero-order valence-electron chi connectivity index (χ0n) is 36.8. The molecule has 0 aromatic heterocycles. The highest BCUT2D eigenvalue weighted by Crippen LogP contribution is 2.65. The van der Waals surface area contributed by atoms with Gasteiger partial charge in [0.15, 0.2) is 0 Å². The summed E-state index contributed by atoms with van der Waals surface area (Å²) in [5.74, 6) is 0. The van der Waals surface area contributed by atoms with Crippen LogP contribution >= 0.6 is 0 Å². The second kappa shape index (κ2) is 14.5. The lowest BCUT2D eigenvalue weighted by molar-refractivity contribution is 0.767. The number of fused-ring (bicyclic) bond motifs is 12. The van der Waals surface area contributed by atoms with Crippen molar-refractivity contribution in [1.82, 2.24) is 0 Å². The van der Waals surface area contributed by atoms with Crippen LogP contribution in [0.3, 0.4) is 0 Å². The summed E-state index contributed by atoms with van der Waals surface area (Å²) in [5, 5.41) is 2.58. The Morgan fingerprint density at radius 2 is 0.746 bits per heavy atom. The third-order valence-corrected chi connectivity index (χ3v) is 15.1. The Morgan fingerprint density at radius 3 is 1.40 bits per heavy atom. The second-order valence-corrected chi connectivity index (χ2v) is 18.2. The van der Waals surface area contributed by atoms with Gasteiger partial charge in [0.2, 0.25) is 0 Å². The van der Waals surface area contributed by atoms with Crippen LogP contribution in [0.15, 0.2) is 261 Å². The molecular formula is C66H43N. The molecule has 0 amide bonds. The Balaban J connectivity index is 1.11. The van der Waals surface area contributed by atoms with E-state index in [1.54, 1.807) is 0 Å². The van der Waals surface area contributed by atoms with Crippen LogP contribution in [0.1, 0.15) is 44.5 Å². The number of rotatable bonds is 6. The van der Waals surface area contributed by atoms with E-state index >= 15 is 0 Å². The fourth-order valence-electron chi connectivity index (χ4n) is 12.7. The van der Waals surface area contributed by atoms with Gasteiger partial charge in [-0.15, -0.1) is 0 Å². The lowest BCUT2D eigenvalue weighted by Crippen LogP contribution is -2.33. The van der Waals surface area contributed by atoms with Crippen LogP contribution in [0, 0.1) is 0 Å². The number of anilines is 3. The molecule has 1 nitrogen and oxygen atoms in total. The quantitative estimate of drug-likeness (QED) is 0.161. The van der Waals surface area contributed by atoms with Crippen molar-refractivity contribution in [3.05, 3.63) is 305 Å². The molecule has 0 bridgehead atoms. The first-order valence-electron chi connectivity index (χ1n) is 23.4. The van der Waals surface area contributed by atoms with Crippen LogP contribution < -0.4 is 4.90 Å². The van der Waals surface area contributed by atoms with Crippen LogP contribution in [0.4, 0.5) is 17.1 Å². The smallest absolute Gasteiger partial charge is 0.0734 e. The minimum Gasteiger partial charge on any atom is -0.310 e. The van der Waals surface area contributed by atoms with E-state index in [0.29, 0.717) is 0 Å². The molecule has 0 heterocycles. The van der Waals surface area contributed by atoms with Gasteiger partial charge in [-0.05, 0) is 125 Å². The lowest BCUT2D eigenvalue weighted by Gasteiger charge is -2.42. The van der Waals surface area contributed by atoms with Crippen molar-refractivity contribution in [3.8, 4) is 44.5 Å². The summed E-state index contributed by atoms with van der Waals surface area (Å²) >= 11 is 0. The van der Waals surface area contributed by atoms with Crippen LogP contribution in [-0.2, 0) is 10.8 Å². The van der Waals surface area contributed by atoms with Crippen LogP contribution in [0.5, 0.6) is 0 Å². The standard InChI is InChI=1S/C66H43N/c1-5-21-44(22-6-1)50-41-39-45-23-19-33-55-52-31-14-18-37-59(52)66(64(50)62(45)55)58-36-17-13-30-51(58)54-42-40-49(43-60(54)66)67(48-28-11-4-12-29-48)61-38-20-34-56-53-32-15-16-35-57(53)65(63(56)61,46-24-7-2-8-25-46)47-26-9-3-10-27-47/h1-43H. The van der Waals surface area contributed by atoms with Crippen LogP contribution in [0.25, 0.3) is 55.3 Å². The second-order valence-electron chi connectivity index (χ2n) is 18.2. The average molecular weight is 850 g/mol. The molecule has 1 unspecified atom stereocenters. The Hall–Kier alpha value is -8.52. The first-order valence-corrected chi connectivity index (χ1v) is 23.4. The van der Waals surface area contributed by atoms with E-state index in [9.17, 15) is 0 Å². The molecule has 1 atom stereocenters. The van der Waals surface area contributed by atoms with E-state index in [-0.39, 0.29) is 0 Å². The van der Waals surface area contributed by atoms with Gasteiger partial charge in [-0.3, -0.25) is 0 Å². The first kappa shape index (κ1) is 37.8. The molecule has 67 heavy (non-hydrogen) atoms. The molecule has 0 aliphatic heterocycles. The van der Waals surface area contributed by atoms with E-state index in [1.807, 2.05) is 0 Å². The number of benzene rings is 11. The van der Waals surface area contributed by atoms with Gasteiger partial charge >= 0.3 is 0 Å². The summed E-state index contributed by atoms with van der Waals surface area (Å²) in [4.78, 5) is 2.55. The zero-order chi connectivity index (χ0) is 44.1. The molecule has 0 radical (unpaired) electrons. The summed E-state index contributed by atoms with van der Waals surface area (Å²) in [6, 6.07) is 97.8. The summed E-state index contributed by atoms with van der Waals surface area (Å²) in [6.07, 6.45) is 0. The van der Waals surface area contributed by atoms with Gasteiger partial charge in [-0.25, -0.2) is 0 Å². The van der Waals surface area contributed by atoms with Crippen molar-refractivity contribution >= 4 is 27.8 Å². The van der Waals surface area contributed by atoms with Gasteiger partial charge in [0.25, 0.3) is 0 Å². The first-order chi connectivity index (χ1) is 33.3. The summed E-state index contributed by atoms with van der Waals surface area (Å²) in [5.41, 5.74) is 22.6. The predicted octanol–water partition coefficient (Wildman–Crippen LogP) is 16.7. The molecular weight excluding hydrogens is 807 g/mol. The topological polar surface area (TPSA) is 3.24 Å². The fraction of sp³-hybridized carbons (Fsp3) is 0.0303. The molecule has 3 aliphatic carbocycles. The van der Waals surface area contributed by atoms with Crippen molar-refractivity contribution in [2.75, 3.05) is 4.90 Å². The van der Waals surface area contributed by atoms with Crippen LogP contribution in [-0.4, -0.2) is 0 Å². The van der Waals surface area contributed by atoms with Gasteiger partial charge in [0, 0.05) is 16.9 Å². The van der Waals surface area contributed by atoms with E-state index in [4.69, 9.17) is 0 Å². The summed E-state index contributed by atoms with van der Waals surface area (Å²) in [6.45, 7) is 0. The number of nitrogens with zero attached hydrogens (tertiary/aromatic N) is 1. The zero-order valence-corrected chi connectivity index (χ0v) is 36.8. The van der Waals surface area contributed by atoms with Gasteiger partial charge < -0.3 is 4.90 Å². The van der Waals surface area contributed by atoms with Crippen molar-refractivity contribution in [2.24, 2.45) is 0 Å². The number of hydrogen-bond donors (Lipinski definition) is 0. The molecule has 312 valence electrons. The minimum absolute atomic E-state index is 0.599. The molecule has 1 spiro atoms. The normalized spacial score (nSPS) is 15.3. The highest BCUT2D eigenvalue weighted by Gasteiger charge is 2.52. The molecule has 0 saturated carbocycles. The fourth-order valence-corrected chi connectivity index (χ4v) is 12.7. The Morgan fingerprint density at radius 1 is 0.269 bits per heavy atom. The Kier molecular flexibility index (Phi) is 8.18. The van der Waals surface area contributed by atoms with Gasteiger partial charge in [-0.1, -0.05) is 231 Å². The van der Waals surface area contributed by atoms with E-state index in [0.717, 1.165) is 17.1 Å². The maximum absolute atomic E-state index is 2.55. The minimum atomic E-state index is -0.632. The molecule has 11 aromatic carbocycles. The highest BCUT2D eigenvalue weighted by atomic mass is 15.1. The molecule has 0 saturated heterocycles. The maximum atomic E-state index is 2.55. The molecule has 0 N–H and O–H groups in total. The van der Waals surface area contributed by atoms with Gasteiger partial charge in [0.1, 0.15) is 0 Å². The van der Waals surface area contributed by atoms with Crippen molar-refractivity contribution in [2.45, 2.75) is 10.8 Å². The van der Waals surface area contributed by atoms with Gasteiger partial charge in [-0.2, -0.15) is 0 Å². The molecule has 0 fully saturated rings. The van der Waals surface area contributed by atoms with Crippen LogP contribution in [0.2, 0.25) is 0 Å². The maximum Gasteiger partial charge on any atom is 0.0734 e. The third-order valence-electron chi connectivity index (χ3n) is 15.1. The molecule has 14 rings (SSSR count). The summed E-state index contributed by atoms with van der Waals surface area (Å²) < 4.78 is 0. The van der Waals surface area contributed by atoms with E-state index < -0.39 is 10.8 Å². The number of hydrogen-bond acceptors (Lipinski definition) is 1. The largest absolute Gasteiger partial charge is 0.310 e. The van der Waals surface area contributed by atoms with Gasteiger partial charge in [0.05, 0.1) is 16.5 Å². The van der Waals surface area contributed by atoms with E-state index in [2.05, 4.69) is 266 Å². The van der Waals surface area contributed by atoms with Crippen molar-refractivity contribution in [3.63, 3.8) is 0 Å². The lowest BCUT2D eigenvalue weighted by atomic mass is 9.60. The average Bonchev–Trinajstić information content (AvgIpc) is 3.87. The Labute approximate surface area is 391 Å². The monoisotopic (exact) mass is 849 g/mol. The molecule has 11 aromatic rings. The van der Waals surface area contributed by atoms with Crippen molar-refractivity contribution in [1.29, 1.82) is 0 Å². The molecule has 3 aliphatic rings. The highest BCUT2D eigenvalue weighted by molar-refractivity contribution is 6.10. The molecule has 1 heteroatoms. The third kappa shape index (κ3) is 5.09. The Bertz CT molecular complexity index is 3700. The number of para-hydroxylation sites is 1. The van der Waals surface area contributed by atoms with E-state index in [1.165, 1.54) is 99.8 Å². The van der Waals surface area contributed by atoms with Crippen molar-refractivity contribution < 1.29 is 0 Å².